The van der Waals surface area contributed by atoms with Crippen LogP contribution in [0.3, 0.4) is 0 Å². The van der Waals surface area contributed by atoms with Gasteiger partial charge < -0.3 is 9.47 Å². The Hall–Kier alpha value is -0.880. The Morgan fingerprint density at radius 3 is 1.56 bits per heavy atom. The fourth-order valence-corrected chi connectivity index (χ4v) is 1.65. The van der Waals surface area contributed by atoms with Crippen molar-refractivity contribution in [3.8, 4) is 11.5 Å². The van der Waals surface area contributed by atoms with Crippen molar-refractivity contribution in [2.75, 3.05) is 23.9 Å². The first-order chi connectivity index (χ1) is 8.76. The molecule has 0 atom stereocenters. The average Bonchev–Trinajstić information content (AvgIpc) is 2.42. The smallest absolute Gasteiger partial charge is 0.153 e. The number of ether oxygens (including phenoxy) is 2. The Labute approximate surface area is 122 Å². The SMILES string of the molecule is O=Cc1cc(OCCBr)c(C=O)cc1OCCBr. The molecule has 0 heterocycles. The molecule has 1 aromatic rings. The fraction of sp³-hybridized carbons (Fsp3) is 0.333. The van der Waals surface area contributed by atoms with Crippen LogP contribution in [0.25, 0.3) is 0 Å². The summed E-state index contributed by atoms with van der Waals surface area (Å²) >= 11 is 6.45. The third-order valence-corrected chi connectivity index (χ3v) is 2.71. The molecule has 0 saturated heterocycles. The van der Waals surface area contributed by atoms with Crippen LogP contribution in [0.15, 0.2) is 12.1 Å². The molecule has 0 bridgehead atoms. The van der Waals surface area contributed by atoms with E-state index in [1.165, 1.54) is 12.1 Å². The summed E-state index contributed by atoms with van der Waals surface area (Å²) in [7, 11) is 0. The quantitative estimate of drug-likeness (QED) is 0.514. The number of hydrogen-bond acceptors (Lipinski definition) is 4. The Morgan fingerprint density at radius 1 is 0.889 bits per heavy atom. The van der Waals surface area contributed by atoms with E-state index >= 15 is 0 Å². The second kappa shape index (κ2) is 8.26. The van der Waals surface area contributed by atoms with Crippen molar-refractivity contribution in [3.05, 3.63) is 23.3 Å². The lowest BCUT2D eigenvalue weighted by atomic mass is 10.1. The Balaban J connectivity index is 3.06. The number of benzene rings is 1. The molecule has 1 aromatic carbocycles. The van der Waals surface area contributed by atoms with Gasteiger partial charge in [-0.3, -0.25) is 9.59 Å². The van der Waals surface area contributed by atoms with Gasteiger partial charge in [-0.25, -0.2) is 0 Å². The van der Waals surface area contributed by atoms with Gasteiger partial charge in [0.2, 0.25) is 0 Å². The predicted octanol–water partition coefficient (Wildman–Crippen LogP) is 2.86. The van der Waals surface area contributed by atoms with Crippen molar-refractivity contribution in [3.63, 3.8) is 0 Å². The second-order valence-corrected chi connectivity index (χ2v) is 4.82. The molecule has 0 radical (unpaired) electrons. The number of hydrogen-bond donors (Lipinski definition) is 0. The van der Waals surface area contributed by atoms with E-state index in [9.17, 15) is 9.59 Å². The zero-order chi connectivity index (χ0) is 13.4. The summed E-state index contributed by atoms with van der Waals surface area (Å²) in [5, 5.41) is 1.28. The van der Waals surface area contributed by atoms with E-state index in [1.54, 1.807) is 0 Å². The van der Waals surface area contributed by atoms with Crippen molar-refractivity contribution < 1.29 is 19.1 Å². The molecule has 0 saturated carbocycles. The Morgan fingerprint density at radius 2 is 1.28 bits per heavy atom. The molecule has 0 unspecified atom stereocenters. The Bertz CT molecular complexity index is 381. The highest BCUT2D eigenvalue weighted by Crippen LogP contribution is 2.27. The number of aldehydes is 2. The van der Waals surface area contributed by atoms with Crippen molar-refractivity contribution in [2.45, 2.75) is 0 Å². The van der Waals surface area contributed by atoms with E-state index in [2.05, 4.69) is 31.9 Å². The molecular formula is C12H12Br2O4. The summed E-state index contributed by atoms with van der Waals surface area (Å²) < 4.78 is 10.8. The van der Waals surface area contributed by atoms with Crippen LogP contribution in [0.1, 0.15) is 20.7 Å². The van der Waals surface area contributed by atoms with E-state index in [0.29, 0.717) is 59.1 Å². The molecule has 18 heavy (non-hydrogen) atoms. The molecule has 0 fully saturated rings. The van der Waals surface area contributed by atoms with Gasteiger partial charge >= 0.3 is 0 Å². The summed E-state index contributed by atoms with van der Waals surface area (Å²) in [6.07, 6.45) is 1.36. The lowest BCUT2D eigenvalue weighted by molar-refractivity contribution is 0.110. The van der Waals surface area contributed by atoms with Crippen LogP contribution < -0.4 is 9.47 Å². The molecule has 0 aliphatic heterocycles. The number of halogens is 2. The zero-order valence-electron chi connectivity index (χ0n) is 9.53. The first-order valence-electron chi connectivity index (χ1n) is 5.22. The summed E-state index contributed by atoms with van der Waals surface area (Å²) in [5.41, 5.74) is 0.734. The van der Waals surface area contributed by atoms with Gasteiger partial charge in [0.25, 0.3) is 0 Å². The van der Waals surface area contributed by atoms with E-state index < -0.39 is 0 Å². The van der Waals surface area contributed by atoms with Crippen LogP contribution in [-0.4, -0.2) is 36.4 Å². The van der Waals surface area contributed by atoms with Crippen LogP contribution >= 0.6 is 31.9 Å². The van der Waals surface area contributed by atoms with Crippen LogP contribution in [-0.2, 0) is 0 Å². The van der Waals surface area contributed by atoms with Crippen molar-refractivity contribution >= 4 is 44.4 Å². The summed E-state index contributed by atoms with van der Waals surface area (Å²) in [6, 6.07) is 3.03. The highest BCUT2D eigenvalue weighted by molar-refractivity contribution is 9.09. The normalized spacial score (nSPS) is 9.89. The highest BCUT2D eigenvalue weighted by Gasteiger charge is 2.11. The lowest BCUT2D eigenvalue weighted by Gasteiger charge is -2.12. The van der Waals surface area contributed by atoms with Gasteiger partial charge in [-0.2, -0.15) is 0 Å². The molecule has 0 aliphatic carbocycles. The summed E-state index contributed by atoms with van der Waals surface area (Å²) in [5.74, 6) is 0.774. The molecule has 0 amide bonds. The molecule has 6 heteroatoms. The number of carbonyl (C=O) groups is 2. The van der Waals surface area contributed by atoms with Gasteiger partial charge in [-0.05, 0) is 12.1 Å². The van der Waals surface area contributed by atoms with Gasteiger partial charge in [0, 0.05) is 10.7 Å². The number of carbonyl (C=O) groups excluding carboxylic acids is 2. The molecule has 1 rings (SSSR count). The summed E-state index contributed by atoms with van der Waals surface area (Å²) in [6.45, 7) is 0.835. The molecular weight excluding hydrogens is 368 g/mol. The molecule has 0 spiro atoms. The van der Waals surface area contributed by atoms with Gasteiger partial charge in [0.15, 0.2) is 12.6 Å². The lowest BCUT2D eigenvalue weighted by Crippen LogP contribution is -2.05. The van der Waals surface area contributed by atoms with E-state index in [1.807, 2.05) is 0 Å². The van der Waals surface area contributed by atoms with Crippen LogP contribution in [0.4, 0.5) is 0 Å². The monoisotopic (exact) mass is 378 g/mol. The minimum Gasteiger partial charge on any atom is -0.492 e. The number of rotatable bonds is 8. The minimum absolute atomic E-state index is 0.367. The zero-order valence-corrected chi connectivity index (χ0v) is 12.7. The van der Waals surface area contributed by atoms with E-state index in [0.717, 1.165) is 0 Å². The van der Waals surface area contributed by atoms with Crippen molar-refractivity contribution in [1.82, 2.24) is 0 Å². The standard InChI is InChI=1S/C12H12Br2O4/c13-1-3-17-11-5-10(8-16)12(18-4-2-14)6-9(11)7-15/h5-8H,1-4H2. The number of alkyl halides is 2. The van der Waals surface area contributed by atoms with Crippen molar-refractivity contribution in [1.29, 1.82) is 0 Å². The molecule has 0 aliphatic rings. The van der Waals surface area contributed by atoms with Crippen LogP contribution in [0, 0.1) is 0 Å². The first kappa shape index (κ1) is 15.2. The maximum atomic E-state index is 11.0. The average molecular weight is 380 g/mol. The molecule has 4 nitrogen and oxygen atoms in total. The highest BCUT2D eigenvalue weighted by atomic mass is 79.9. The van der Waals surface area contributed by atoms with E-state index in [-0.39, 0.29) is 0 Å². The van der Waals surface area contributed by atoms with Gasteiger partial charge in [0.1, 0.15) is 11.5 Å². The maximum absolute atomic E-state index is 11.0. The van der Waals surface area contributed by atoms with Crippen LogP contribution in [0.5, 0.6) is 11.5 Å². The van der Waals surface area contributed by atoms with E-state index in [4.69, 9.17) is 9.47 Å². The second-order valence-electron chi connectivity index (χ2n) is 3.24. The minimum atomic E-state index is 0.367. The van der Waals surface area contributed by atoms with Gasteiger partial charge in [-0.15, -0.1) is 0 Å². The molecule has 0 N–H and O–H groups in total. The largest absolute Gasteiger partial charge is 0.492 e. The third-order valence-electron chi connectivity index (χ3n) is 2.07. The third kappa shape index (κ3) is 4.10. The van der Waals surface area contributed by atoms with Crippen molar-refractivity contribution in [2.24, 2.45) is 0 Å². The predicted molar refractivity (Wildman–Crippen MR) is 75.8 cm³/mol. The fourth-order valence-electron chi connectivity index (χ4n) is 1.32. The topological polar surface area (TPSA) is 52.6 Å². The van der Waals surface area contributed by atoms with Gasteiger partial charge in [-0.1, -0.05) is 31.9 Å². The van der Waals surface area contributed by atoms with Gasteiger partial charge in [0.05, 0.1) is 24.3 Å². The first-order valence-corrected chi connectivity index (χ1v) is 7.47. The van der Waals surface area contributed by atoms with Crippen LogP contribution in [0.2, 0.25) is 0 Å². The Kier molecular flexibility index (Phi) is 6.97. The molecule has 98 valence electrons. The molecule has 0 aromatic heterocycles. The maximum Gasteiger partial charge on any atom is 0.153 e. The summed E-state index contributed by atoms with van der Waals surface area (Å²) in [4.78, 5) is 21.9.